The number of nitrogens with one attached hydrogen (secondary N) is 1. The van der Waals surface area contributed by atoms with Gasteiger partial charge in [-0.15, -0.1) is 11.3 Å². The van der Waals surface area contributed by atoms with Gasteiger partial charge in [0, 0.05) is 18.1 Å². The van der Waals surface area contributed by atoms with Crippen molar-refractivity contribution in [2.75, 3.05) is 26.3 Å². The van der Waals surface area contributed by atoms with E-state index in [0.29, 0.717) is 65.9 Å². The molecule has 2 aliphatic heterocycles. The highest BCUT2D eigenvalue weighted by Gasteiger charge is 2.54. The van der Waals surface area contributed by atoms with Gasteiger partial charge < -0.3 is 19.7 Å². The van der Waals surface area contributed by atoms with Gasteiger partial charge >= 0.3 is 0 Å². The minimum atomic E-state index is -0.229. The van der Waals surface area contributed by atoms with E-state index < -0.39 is 0 Å². The molecule has 7 nitrogen and oxygen atoms in total. The number of hydrogen-bond donors (Lipinski definition) is 1. The Morgan fingerprint density at radius 3 is 2.89 bits per heavy atom. The smallest absolute Gasteiger partial charge is 0.274 e. The van der Waals surface area contributed by atoms with Crippen LogP contribution in [0.2, 0.25) is 5.02 Å². The van der Waals surface area contributed by atoms with Crippen LogP contribution in [0.25, 0.3) is 10.4 Å². The molecule has 3 aromatic rings. The second-order valence-corrected chi connectivity index (χ2v) is 10.8. The standard InChI is InChI=1S/C26H24ClN3O4S/c1-14-29-22(24(35-14)15-4-2-5-17(27)10-15)26(32)30-13-16-11-19(16)20(30)12-28-25(31)18-6-3-7-21-23(18)34-9-8-33-21/h2-7,10,16,19-20H,8-9,11-13H2,1H3,(H,28,31)/t16-,19-,20+/m0/s1. The van der Waals surface area contributed by atoms with Gasteiger partial charge in [-0.25, -0.2) is 4.98 Å². The molecule has 0 spiro atoms. The van der Waals surface area contributed by atoms with Crippen LogP contribution in [0.15, 0.2) is 42.5 Å². The molecule has 1 aromatic heterocycles. The van der Waals surface area contributed by atoms with E-state index in [1.54, 1.807) is 18.2 Å². The average Bonchev–Trinajstić information content (AvgIpc) is 3.38. The number of benzene rings is 2. The monoisotopic (exact) mass is 509 g/mol. The fraction of sp³-hybridized carbons (Fsp3) is 0.346. The minimum Gasteiger partial charge on any atom is -0.486 e. The summed E-state index contributed by atoms with van der Waals surface area (Å²) in [4.78, 5) is 34.1. The summed E-state index contributed by atoms with van der Waals surface area (Å²) in [5.41, 5.74) is 1.79. The molecular formula is C26H24ClN3O4S. The Morgan fingerprint density at radius 1 is 1.20 bits per heavy atom. The van der Waals surface area contributed by atoms with Crippen molar-refractivity contribution in [1.82, 2.24) is 15.2 Å². The number of aryl methyl sites for hydroxylation is 1. The Kier molecular flexibility index (Phi) is 5.65. The second-order valence-electron chi connectivity index (χ2n) is 9.15. The second kappa shape index (κ2) is 8.84. The van der Waals surface area contributed by atoms with Crippen molar-refractivity contribution in [3.63, 3.8) is 0 Å². The predicted molar refractivity (Wildman–Crippen MR) is 133 cm³/mol. The fourth-order valence-corrected chi connectivity index (χ4v) is 6.24. The molecule has 3 atom stereocenters. The SMILES string of the molecule is Cc1nc(C(=O)N2C[C@@H]3C[C@@H]3[C@H]2CNC(=O)c2cccc3c2OCCO3)c(-c2cccc(Cl)c2)s1. The maximum atomic E-state index is 13.7. The summed E-state index contributed by atoms with van der Waals surface area (Å²) in [5.74, 6) is 1.62. The van der Waals surface area contributed by atoms with Crippen LogP contribution in [0.4, 0.5) is 0 Å². The molecule has 1 saturated heterocycles. The summed E-state index contributed by atoms with van der Waals surface area (Å²) < 4.78 is 11.3. The van der Waals surface area contributed by atoms with Crippen LogP contribution in [0.1, 0.15) is 32.3 Å². The van der Waals surface area contributed by atoms with Gasteiger partial charge in [-0.3, -0.25) is 9.59 Å². The number of thiazole rings is 1. The van der Waals surface area contributed by atoms with Crippen LogP contribution in [0.3, 0.4) is 0 Å². The maximum absolute atomic E-state index is 13.7. The molecule has 180 valence electrons. The molecule has 0 radical (unpaired) electrons. The molecule has 3 aliphatic rings. The maximum Gasteiger partial charge on any atom is 0.274 e. The highest BCUT2D eigenvalue weighted by Crippen LogP contribution is 2.50. The van der Waals surface area contributed by atoms with Crippen LogP contribution in [0.5, 0.6) is 11.5 Å². The Balaban J connectivity index is 1.21. The van der Waals surface area contributed by atoms with Gasteiger partial charge in [-0.05, 0) is 55.0 Å². The van der Waals surface area contributed by atoms with Gasteiger partial charge in [-0.1, -0.05) is 29.8 Å². The van der Waals surface area contributed by atoms with E-state index in [1.165, 1.54) is 11.3 Å². The summed E-state index contributed by atoms with van der Waals surface area (Å²) in [6.07, 6.45) is 1.08. The lowest BCUT2D eigenvalue weighted by atomic mass is 10.1. The van der Waals surface area contributed by atoms with Crippen LogP contribution in [-0.2, 0) is 0 Å². The van der Waals surface area contributed by atoms with Gasteiger partial charge in [0.05, 0.1) is 21.5 Å². The Bertz CT molecular complexity index is 1330. The Hall–Kier alpha value is -3.10. The third-order valence-corrected chi connectivity index (χ3v) is 8.12. The molecule has 1 N–H and O–H groups in total. The van der Waals surface area contributed by atoms with Crippen LogP contribution in [0, 0.1) is 18.8 Å². The third kappa shape index (κ3) is 4.15. The summed E-state index contributed by atoms with van der Waals surface area (Å²) in [5, 5.41) is 4.49. The lowest BCUT2D eigenvalue weighted by Gasteiger charge is -2.28. The number of para-hydroxylation sites is 1. The molecule has 9 heteroatoms. The van der Waals surface area contributed by atoms with Gasteiger partial charge in [0.25, 0.3) is 11.8 Å². The van der Waals surface area contributed by atoms with Crippen molar-refractivity contribution < 1.29 is 19.1 Å². The third-order valence-electron chi connectivity index (χ3n) is 6.87. The minimum absolute atomic E-state index is 0.0672. The summed E-state index contributed by atoms with van der Waals surface area (Å²) in [6, 6.07) is 12.7. The summed E-state index contributed by atoms with van der Waals surface area (Å²) >= 11 is 7.70. The van der Waals surface area contributed by atoms with E-state index in [4.69, 9.17) is 21.1 Å². The van der Waals surface area contributed by atoms with Crippen LogP contribution < -0.4 is 14.8 Å². The van der Waals surface area contributed by atoms with Crippen molar-refractivity contribution in [1.29, 1.82) is 0 Å². The van der Waals surface area contributed by atoms with Crippen molar-refractivity contribution >= 4 is 34.8 Å². The van der Waals surface area contributed by atoms with Crippen LogP contribution in [-0.4, -0.2) is 54.0 Å². The first-order valence-electron chi connectivity index (χ1n) is 11.7. The number of carbonyl (C=O) groups excluding carboxylic acids is 2. The molecule has 1 saturated carbocycles. The molecule has 0 unspecified atom stereocenters. The topological polar surface area (TPSA) is 80.8 Å². The predicted octanol–water partition coefficient (Wildman–Crippen LogP) is 4.43. The molecule has 2 aromatic carbocycles. The first-order valence-corrected chi connectivity index (χ1v) is 12.9. The Morgan fingerprint density at radius 2 is 2.03 bits per heavy atom. The zero-order chi connectivity index (χ0) is 24.1. The Labute approximate surface area is 212 Å². The largest absolute Gasteiger partial charge is 0.486 e. The van der Waals surface area contributed by atoms with Crippen molar-refractivity contribution in [3.8, 4) is 21.9 Å². The number of amides is 2. The molecule has 6 rings (SSSR count). The van der Waals surface area contributed by atoms with E-state index in [2.05, 4.69) is 10.3 Å². The lowest BCUT2D eigenvalue weighted by Crippen LogP contribution is -2.45. The van der Waals surface area contributed by atoms with E-state index >= 15 is 0 Å². The highest BCUT2D eigenvalue weighted by atomic mass is 35.5. The quantitative estimate of drug-likeness (QED) is 0.550. The molecule has 0 bridgehead atoms. The van der Waals surface area contributed by atoms with E-state index in [-0.39, 0.29) is 17.9 Å². The van der Waals surface area contributed by atoms with Crippen molar-refractivity contribution in [2.45, 2.75) is 19.4 Å². The van der Waals surface area contributed by atoms with Crippen molar-refractivity contribution in [3.05, 3.63) is 63.8 Å². The normalized spacial score (nSPS) is 22.0. The van der Waals surface area contributed by atoms with Crippen LogP contribution >= 0.6 is 22.9 Å². The van der Waals surface area contributed by atoms with E-state index in [1.807, 2.05) is 36.1 Å². The summed E-state index contributed by atoms with van der Waals surface area (Å²) in [7, 11) is 0. The number of rotatable bonds is 5. The first kappa shape index (κ1) is 22.4. The number of aromatic nitrogens is 1. The van der Waals surface area contributed by atoms with Gasteiger partial charge in [0.2, 0.25) is 0 Å². The van der Waals surface area contributed by atoms with Gasteiger partial charge in [0.15, 0.2) is 11.5 Å². The van der Waals surface area contributed by atoms with E-state index in [0.717, 1.165) is 21.9 Å². The number of ether oxygens (including phenoxy) is 2. The number of nitrogens with zero attached hydrogens (tertiary/aromatic N) is 2. The van der Waals surface area contributed by atoms with Gasteiger partial charge in [-0.2, -0.15) is 0 Å². The molecule has 3 heterocycles. The average molecular weight is 510 g/mol. The number of likely N-dealkylation sites (tertiary alicyclic amines) is 1. The molecule has 35 heavy (non-hydrogen) atoms. The van der Waals surface area contributed by atoms with Crippen molar-refractivity contribution in [2.24, 2.45) is 11.8 Å². The first-order chi connectivity index (χ1) is 17.0. The summed E-state index contributed by atoms with van der Waals surface area (Å²) in [6.45, 7) is 3.85. The zero-order valence-corrected chi connectivity index (χ0v) is 20.7. The molecule has 2 fully saturated rings. The number of hydrogen-bond acceptors (Lipinski definition) is 6. The zero-order valence-electron chi connectivity index (χ0n) is 19.1. The highest BCUT2D eigenvalue weighted by molar-refractivity contribution is 7.15. The number of halogens is 1. The molecule has 2 amide bonds. The van der Waals surface area contributed by atoms with Gasteiger partial charge in [0.1, 0.15) is 18.9 Å². The molecular weight excluding hydrogens is 486 g/mol. The number of piperidine rings is 1. The number of fused-ring (bicyclic) bond motifs is 2. The molecule has 1 aliphatic carbocycles. The lowest BCUT2D eigenvalue weighted by molar-refractivity contribution is 0.0690. The fourth-order valence-electron chi connectivity index (χ4n) is 5.14. The van der Waals surface area contributed by atoms with E-state index in [9.17, 15) is 9.59 Å². The number of carbonyl (C=O) groups is 2.